The molecule has 0 aliphatic carbocycles. The lowest BCUT2D eigenvalue weighted by Crippen LogP contribution is -2.41. The quantitative estimate of drug-likeness (QED) is 0.337. The summed E-state index contributed by atoms with van der Waals surface area (Å²) in [6.45, 7) is 1.95. The van der Waals surface area contributed by atoms with Crippen molar-refractivity contribution in [3.8, 4) is 5.75 Å². The van der Waals surface area contributed by atoms with E-state index in [1.807, 2.05) is 47.8 Å². The van der Waals surface area contributed by atoms with Gasteiger partial charge in [-0.25, -0.2) is 8.42 Å². The van der Waals surface area contributed by atoms with Crippen LogP contribution in [0.4, 0.5) is 0 Å². The smallest absolute Gasteiger partial charge is 0.314 e. The van der Waals surface area contributed by atoms with Gasteiger partial charge in [0.05, 0.1) is 15.4 Å². The van der Waals surface area contributed by atoms with E-state index in [4.69, 9.17) is 4.74 Å². The van der Waals surface area contributed by atoms with Crippen molar-refractivity contribution in [2.45, 2.75) is 29.2 Å². The van der Waals surface area contributed by atoms with Gasteiger partial charge in [-0.2, -0.15) is 4.31 Å². The molecule has 0 aromatic heterocycles. The third-order valence-electron chi connectivity index (χ3n) is 5.68. The van der Waals surface area contributed by atoms with Crippen LogP contribution in [-0.2, 0) is 14.8 Å². The molecular weight excluding hydrogens is 466 g/mol. The number of benzene rings is 2. The summed E-state index contributed by atoms with van der Waals surface area (Å²) in [5.74, 6) is 2.08. The molecule has 2 heterocycles. The summed E-state index contributed by atoms with van der Waals surface area (Å²) in [6, 6.07) is 13.6. The number of piperidine rings is 1. The molecule has 0 saturated carbocycles. The van der Waals surface area contributed by atoms with Crippen molar-refractivity contribution in [1.82, 2.24) is 4.31 Å². The molecule has 0 radical (unpaired) electrons. The van der Waals surface area contributed by atoms with E-state index in [1.165, 1.54) is 41.1 Å². The summed E-state index contributed by atoms with van der Waals surface area (Å²) in [4.78, 5) is 24.2. The second-order valence-electron chi connectivity index (χ2n) is 7.82. The van der Waals surface area contributed by atoms with Crippen LogP contribution < -0.4 is 4.74 Å². The second-order valence-corrected chi connectivity index (χ2v) is 12.5. The topological polar surface area (TPSA) is 80.8 Å². The first kappa shape index (κ1) is 23.4. The number of esters is 1. The molecular formula is C23H25NO5S3. The molecule has 32 heavy (non-hydrogen) atoms. The van der Waals surface area contributed by atoms with Crippen LogP contribution >= 0.6 is 23.5 Å². The highest BCUT2D eigenvalue weighted by Gasteiger charge is 2.33. The number of sulfonamides is 1. The van der Waals surface area contributed by atoms with Crippen molar-refractivity contribution >= 4 is 45.3 Å². The number of nitrogens with zero attached hydrogens (tertiary/aromatic N) is 1. The Morgan fingerprint density at radius 1 is 0.938 bits per heavy atom. The minimum atomic E-state index is -3.66. The number of hydrogen-bond donors (Lipinski definition) is 0. The minimum absolute atomic E-state index is 0.112. The van der Waals surface area contributed by atoms with Crippen LogP contribution in [0.2, 0.25) is 0 Å². The third-order valence-corrected chi connectivity index (χ3v) is 10.7. The molecule has 2 fully saturated rings. The highest BCUT2D eigenvalue weighted by atomic mass is 32.2. The van der Waals surface area contributed by atoms with E-state index >= 15 is 0 Å². The lowest BCUT2D eigenvalue weighted by molar-refractivity contribution is -0.140. The molecule has 2 aliphatic heterocycles. The van der Waals surface area contributed by atoms with Crippen LogP contribution in [0.1, 0.15) is 40.3 Å². The molecule has 6 nitrogen and oxygen atoms in total. The molecule has 9 heteroatoms. The zero-order valence-corrected chi connectivity index (χ0v) is 20.2. The maximum atomic E-state index is 12.9. The van der Waals surface area contributed by atoms with Crippen LogP contribution in [0.15, 0.2) is 53.4 Å². The molecule has 4 rings (SSSR count). The first-order valence-corrected chi connectivity index (χ1v) is 14.0. The molecule has 0 unspecified atom stereocenters. The Morgan fingerprint density at radius 3 is 2.09 bits per heavy atom. The second kappa shape index (κ2) is 9.99. The first-order valence-electron chi connectivity index (χ1n) is 10.5. The number of hydrogen-bond acceptors (Lipinski definition) is 7. The van der Waals surface area contributed by atoms with Gasteiger partial charge in [0.15, 0.2) is 5.78 Å². The van der Waals surface area contributed by atoms with Gasteiger partial charge in [-0.15, -0.1) is 23.5 Å². The Morgan fingerprint density at radius 2 is 1.53 bits per heavy atom. The van der Waals surface area contributed by atoms with E-state index < -0.39 is 10.0 Å². The van der Waals surface area contributed by atoms with E-state index in [0.29, 0.717) is 28.7 Å². The Hall–Kier alpha value is -1.81. The number of ether oxygens (including phenoxy) is 1. The monoisotopic (exact) mass is 491 g/mol. The van der Waals surface area contributed by atoms with Gasteiger partial charge in [0, 0.05) is 30.2 Å². The number of thioether (sulfide) groups is 2. The van der Waals surface area contributed by atoms with Gasteiger partial charge in [0.1, 0.15) is 5.75 Å². The maximum Gasteiger partial charge on any atom is 0.314 e. The highest BCUT2D eigenvalue weighted by molar-refractivity contribution is 8.19. The minimum Gasteiger partial charge on any atom is -0.426 e. The van der Waals surface area contributed by atoms with Crippen molar-refractivity contribution in [3.63, 3.8) is 0 Å². The van der Waals surface area contributed by atoms with Crippen molar-refractivity contribution in [3.05, 3.63) is 59.7 Å². The number of carbonyl (C=O) groups is 2. The molecule has 0 spiro atoms. The maximum absolute atomic E-state index is 12.9. The van der Waals surface area contributed by atoms with Crippen LogP contribution in [0, 0.1) is 5.92 Å². The van der Waals surface area contributed by atoms with Crippen LogP contribution in [0.3, 0.4) is 0 Å². The Labute approximate surface area is 197 Å². The molecule has 2 aromatic carbocycles. The van der Waals surface area contributed by atoms with Crippen molar-refractivity contribution in [2.75, 3.05) is 24.6 Å². The molecule has 170 valence electrons. The normalized spacial score (nSPS) is 18.5. The molecule has 2 aliphatic rings. The molecule has 2 aromatic rings. The van der Waals surface area contributed by atoms with Crippen molar-refractivity contribution in [1.29, 1.82) is 0 Å². The van der Waals surface area contributed by atoms with Crippen LogP contribution in [0.25, 0.3) is 0 Å². The predicted molar refractivity (Wildman–Crippen MR) is 128 cm³/mol. The van der Waals surface area contributed by atoms with Gasteiger partial charge in [-0.1, -0.05) is 24.3 Å². The Bertz CT molecular complexity index is 1070. The van der Waals surface area contributed by atoms with Gasteiger partial charge in [0.2, 0.25) is 10.0 Å². The van der Waals surface area contributed by atoms with Gasteiger partial charge < -0.3 is 4.74 Å². The van der Waals surface area contributed by atoms with Crippen molar-refractivity contribution in [2.24, 2.45) is 5.92 Å². The summed E-state index contributed by atoms with van der Waals surface area (Å²) >= 11 is 3.85. The fraction of sp³-hybridized carbons (Fsp3) is 0.391. The average Bonchev–Trinajstić information content (AvgIpc) is 3.35. The zero-order valence-electron chi connectivity index (χ0n) is 17.7. The van der Waals surface area contributed by atoms with Gasteiger partial charge in [-0.05, 0) is 49.6 Å². The summed E-state index contributed by atoms with van der Waals surface area (Å²) in [7, 11) is -3.66. The Kier molecular flexibility index (Phi) is 7.29. The lowest BCUT2D eigenvalue weighted by atomic mass is 9.98. The predicted octanol–water partition coefficient (Wildman–Crippen LogP) is 4.37. The lowest BCUT2D eigenvalue weighted by Gasteiger charge is -2.30. The number of carbonyl (C=O) groups excluding carboxylic acids is 2. The van der Waals surface area contributed by atoms with Gasteiger partial charge in [0.25, 0.3) is 0 Å². The Balaban J connectivity index is 1.32. The van der Waals surface area contributed by atoms with Crippen molar-refractivity contribution < 1.29 is 22.7 Å². The highest BCUT2D eigenvalue weighted by Crippen LogP contribution is 2.45. The van der Waals surface area contributed by atoms with E-state index in [-0.39, 0.29) is 35.7 Å². The standard InChI is InChI=1S/C23H25NO5S3/c1-16(25)17-4-8-21(9-5-17)32(27,28)24-12-10-18(11-13-24)22(26)29-20-6-2-19(3-7-20)23-30-14-15-31-23/h2-9,18,23H,10-15H2,1H3. The SMILES string of the molecule is CC(=O)c1ccc(S(=O)(=O)N2CCC(C(=O)Oc3ccc(C4SCCS4)cc3)CC2)cc1. The van der Waals surface area contributed by atoms with Crippen LogP contribution in [-0.4, -0.2) is 49.1 Å². The summed E-state index contributed by atoms with van der Waals surface area (Å²) in [5, 5.41) is 0. The zero-order chi connectivity index (χ0) is 22.7. The number of ketones is 1. The van der Waals surface area contributed by atoms with Crippen LogP contribution in [0.5, 0.6) is 5.75 Å². The summed E-state index contributed by atoms with van der Waals surface area (Å²) in [5.41, 5.74) is 1.70. The van der Waals surface area contributed by atoms with Gasteiger partial charge >= 0.3 is 5.97 Å². The van der Waals surface area contributed by atoms with E-state index in [9.17, 15) is 18.0 Å². The van der Waals surface area contributed by atoms with Gasteiger partial charge in [-0.3, -0.25) is 9.59 Å². The molecule has 0 atom stereocenters. The molecule has 0 amide bonds. The van der Waals surface area contributed by atoms with E-state index in [0.717, 1.165) is 11.5 Å². The molecule has 0 bridgehead atoms. The third kappa shape index (κ3) is 5.22. The van der Waals surface area contributed by atoms with E-state index in [2.05, 4.69) is 0 Å². The fourth-order valence-electron chi connectivity index (χ4n) is 3.79. The average molecular weight is 492 g/mol. The summed E-state index contributed by atoms with van der Waals surface area (Å²) < 4.78 is 33.2. The fourth-order valence-corrected chi connectivity index (χ4v) is 8.11. The summed E-state index contributed by atoms with van der Waals surface area (Å²) in [6.07, 6.45) is 0.827. The largest absolute Gasteiger partial charge is 0.426 e. The molecule has 2 saturated heterocycles. The van der Waals surface area contributed by atoms with E-state index in [1.54, 1.807) is 0 Å². The molecule has 0 N–H and O–H groups in total. The number of rotatable bonds is 6. The number of Topliss-reactive ketones (excluding diaryl/α,β-unsaturated/α-hetero) is 1. The first-order chi connectivity index (χ1) is 15.3.